The summed E-state index contributed by atoms with van der Waals surface area (Å²) in [5.41, 5.74) is 14.9. The fourth-order valence-corrected chi connectivity index (χ4v) is 6.71. The zero-order chi connectivity index (χ0) is 29.8. The van der Waals surface area contributed by atoms with Crippen LogP contribution in [0.1, 0.15) is 48.3 Å². The van der Waals surface area contributed by atoms with Crippen molar-refractivity contribution in [1.29, 1.82) is 0 Å². The van der Waals surface area contributed by atoms with Crippen LogP contribution in [0.15, 0.2) is 84.0 Å². The molecule has 3 N–H and O–H groups in total. The topological polar surface area (TPSA) is 106 Å². The summed E-state index contributed by atoms with van der Waals surface area (Å²) >= 11 is 0. The van der Waals surface area contributed by atoms with Crippen LogP contribution in [0.25, 0.3) is 50.0 Å². The van der Waals surface area contributed by atoms with E-state index in [0.29, 0.717) is 11.3 Å². The van der Waals surface area contributed by atoms with Crippen molar-refractivity contribution >= 4 is 21.8 Å². The van der Waals surface area contributed by atoms with E-state index in [9.17, 15) is 4.79 Å². The van der Waals surface area contributed by atoms with Gasteiger partial charge in [-0.25, -0.2) is 9.97 Å². The van der Waals surface area contributed by atoms with Gasteiger partial charge in [-0.2, -0.15) is 9.78 Å². The predicted octanol–water partition coefficient (Wildman–Crippen LogP) is 6.10. The highest BCUT2D eigenvalue weighted by atomic mass is 16.1. The van der Waals surface area contributed by atoms with Crippen LogP contribution in [0.2, 0.25) is 0 Å². The molecule has 8 heteroatoms. The van der Waals surface area contributed by atoms with Crippen molar-refractivity contribution in [3.8, 4) is 28.2 Å². The number of hydrogen-bond acceptors (Lipinski definition) is 6. The number of nitrogens with one attached hydrogen (secondary N) is 1. The molecule has 0 radical (unpaired) electrons. The maximum Gasteiger partial charge on any atom is 0.279 e. The largest absolute Gasteiger partial charge is 0.339 e. The number of fused-ring (bicyclic) bond motifs is 2. The molecule has 1 atom stereocenters. The Morgan fingerprint density at radius 2 is 1.84 bits per heavy atom. The molecule has 220 valence electrons. The molecule has 1 aliphatic carbocycles. The third-order valence-electron chi connectivity index (χ3n) is 9.29. The minimum Gasteiger partial charge on any atom is -0.339 e. The Balaban J connectivity index is 1.12. The maximum atomic E-state index is 13.6. The lowest BCUT2D eigenvalue weighted by atomic mass is 10.0. The van der Waals surface area contributed by atoms with Crippen LogP contribution in [0.3, 0.4) is 0 Å². The number of H-pyrrole nitrogens is 1. The minimum atomic E-state index is -0.117. The molecular formula is C36H35N7O. The zero-order valence-corrected chi connectivity index (χ0v) is 24.8. The monoisotopic (exact) mass is 581 g/mol. The van der Waals surface area contributed by atoms with E-state index in [4.69, 9.17) is 10.7 Å². The summed E-state index contributed by atoms with van der Waals surface area (Å²) in [5, 5.41) is 7.11. The summed E-state index contributed by atoms with van der Waals surface area (Å²) in [7, 11) is 0. The maximum absolute atomic E-state index is 13.6. The second kappa shape index (κ2) is 10.8. The second-order valence-corrected chi connectivity index (χ2v) is 12.4. The van der Waals surface area contributed by atoms with Crippen LogP contribution >= 0.6 is 0 Å². The third-order valence-corrected chi connectivity index (χ3v) is 9.29. The van der Waals surface area contributed by atoms with Gasteiger partial charge >= 0.3 is 0 Å². The number of nitrogens with two attached hydrogens (primary N) is 1. The number of benzene rings is 3. The molecule has 0 amide bonds. The molecule has 0 spiro atoms. The summed E-state index contributed by atoms with van der Waals surface area (Å²) in [5.74, 6) is 0.628. The lowest BCUT2D eigenvalue weighted by Crippen LogP contribution is -2.42. The molecule has 1 saturated heterocycles. The van der Waals surface area contributed by atoms with Crippen molar-refractivity contribution in [2.45, 2.75) is 51.1 Å². The molecule has 1 aliphatic heterocycles. The third kappa shape index (κ3) is 4.90. The van der Waals surface area contributed by atoms with Crippen molar-refractivity contribution in [1.82, 2.24) is 29.6 Å². The number of aromatic amines is 1. The van der Waals surface area contributed by atoms with Crippen molar-refractivity contribution in [3.05, 3.63) is 106 Å². The van der Waals surface area contributed by atoms with Crippen LogP contribution in [-0.2, 0) is 6.54 Å². The highest BCUT2D eigenvalue weighted by Crippen LogP contribution is 2.40. The number of likely N-dealkylation sites (tertiary alicyclic amines) is 1. The summed E-state index contributed by atoms with van der Waals surface area (Å²) in [4.78, 5) is 28.8. The van der Waals surface area contributed by atoms with Crippen LogP contribution in [0.4, 0.5) is 0 Å². The SMILES string of the molecule is Cc1c(-c2ncnc3[nH]c(-c4ccc(CN5CCCC(N)C5)cc4)cc23)cccc1-n1ncc2cc(C3CC3)ccc2c1=O. The summed E-state index contributed by atoms with van der Waals surface area (Å²) < 4.78 is 1.51. The molecule has 6 aromatic rings. The standard InChI is InChI=1S/C36H35N7O/c1-22-29(5-2-6-33(22)43-36(44)30-14-13-26(24-11-12-24)16-27(30)18-40-43)34-31-17-32(41-35(31)39-21-38-34)25-9-7-23(8-10-25)19-42-15-3-4-28(37)20-42/h2,5-10,13-14,16-18,21,24,28H,3-4,11-12,15,19-20,37H2,1H3,(H,38,39,41). The number of aromatic nitrogens is 5. The predicted molar refractivity (Wildman–Crippen MR) is 175 cm³/mol. The van der Waals surface area contributed by atoms with E-state index in [-0.39, 0.29) is 11.6 Å². The smallest absolute Gasteiger partial charge is 0.279 e. The Morgan fingerprint density at radius 3 is 2.66 bits per heavy atom. The van der Waals surface area contributed by atoms with Crippen molar-refractivity contribution in [2.24, 2.45) is 5.73 Å². The Labute approximate surface area is 255 Å². The number of hydrogen-bond donors (Lipinski definition) is 2. The first-order valence-electron chi connectivity index (χ1n) is 15.5. The van der Waals surface area contributed by atoms with Gasteiger partial charge in [0.2, 0.25) is 0 Å². The van der Waals surface area contributed by atoms with Crippen molar-refractivity contribution in [3.63, 3.8) is 0 Å². The Hall–Kier alpha value is -4.66. The second-order valence-electron chi connectivity index (χ2n) is 12.4. The van der Waals surface area contributed by atoms with Crippen molar-refractivity contribution < 1.29 is 0 Å². The van der Waals surface area contributed by atoms with Gasteiger partial charge in [-0.05, 0) is 91.6 Å². The van der Waals surface area contributed by atoms with E-state index in [1.54, 1.807) is 6.33 Å². The molecule has 44 heavy (non-hydrogen) atoms. The highest BCUT2D eigenvalue weighted by molar-refractivity contribution is 5.95. The molecule has 2 aliphatic rings. The molecule has 1 unspecified atom stereocenters. The van der Waals surface area contributed by atoms with Gasteiger partial charge in [-0.15, -0.1) is 0 Å². The summed E-state index contributed by atoms with van der Waals surface area (Å²) in [6, 6.07) is 23.2. The lowest BCUT2D eigenvalue weighted by molar-refractivity contribution is 0.201. The van der Waals surface area contributed by atoms with E-state index in [1.165, 1.54) is 28.7 Å². The number of rotatable bonds is 6. The molecule has 2 fully saturated rings. The van der Waals surface area contributed by atoms with E-state index < -0.39 is 0 Å². The first kappa shape index (κ1) is 26.9. The molecular weight excluding hydrogens is 546 g/mol. The van der Waals surface area contributed by atoms with E-state index >= 15 is 0 Å². The lowest BCUT2D eigenvalue weighted by Gasteiger charge is -2.30. The summed E-state index contributed by atoms with van der Waals surface area (Å²) in [6.45, 7) is 5.00. The highest BCUT2D eigenvalue weighted by Gasteiger charge is 2.24. The fraction of sp³-hybridized carbons (Fsp3) is 0.278. The molecule has 4 heterocycles. The van der Waals surface area contributed by atoms with Crippen LogP contribution < -0.4 is 11.3 Å². The fourth-order valence-electron chi connectivity index (χ4n) is 6.71. The average Bonchev–Trinajstić information content (AvgIpc) is 3.80. The quantitative estimate of drug-likeness (QED) is 0.246. The van der Waals surface area contributed by atoms with Crippen molar-refractivity contribution in [2.75, 3.05) is 13.1 Å². The minimum absolute atomic E-state index is 0.117. The molecule has 0 bridgehead atoms. The van der Waals surface area contributed by atoms with Crippen LogP contribution in [-0.4, -0.2) is 48.8 Å². The number of piperidine rings is 1. The molecule has 8 nitrogen and oxygen atoms in total. The zero-order valence-electron chi connectivity index (χ0n) is 24.8. The van der Waals surface area contributed by atoms with Gasteiger partial charge in [0, 0.05) is 41.2 Å². The molecule has 3 aromatic heterocycles. The first-order valence-corrected chi connectivity index (χ1v) is 15.5. The Morgan fingerprint density at radius 1 is 0.977 bits per heavy atom. The molecule has 3 aromatic carbocycles. The van der Waals surface area contributed by atoms with Gasteiger partial charge in [0.25, 0.3) is 5.56 Å². The van der Waals surface area contributed by atoms with E-state index in [0.717, 1.165) is 82.7 Å². The van der Waals surface area contributed by atoms with Gasteiger partial charge in [0.05, 0.1) is 23.0 Å². The first-order chi connectivity index (χ1) is 21.5. The Kier molecular flexibility index (Phi) is 6.61. The summed E-state index contributed by atoms with van der Waals surface area (Å²) in [6.07, 6.45) is 8.13. The van der Waals surface area contributed by atoms with Gasteiger partial charge in [0.1, 0.15) is 12.0 Å². The van der Waals surface area contributed by atoms with Gasteiger partial charge in [-0.3, -0.25) is 9.69 Å². The molecule has 8 rings (SSSR count). The normalized spacial score (nSPS) is 17.5. The van der Waals surface area contributed by atoms with Crippen LogP contribution in [0, 0.1) is 6.92 Å². The van der Waals surface area contributed by atoms with E-state index in [2.05, 4.69) is 62.4 Å². The van der Waals surface area contributed by atoms with Gasteiger partial charge in [-0.1, -0.05) is 42.5 Å². The van der Waals surface area contributed by atoms with Crippen LogP contribution in [0.5, 0.6) is 0 Å². The molecule has 1 saturated carbocycles. The Bertz CT molecular complexity index is 2070. The average molecular weight is 582 g/mol. The number of nitrogens with zero attached hydrogens (tertiary/aromatic N) is 5. The van der Waals surface area contributed by atoms with E-state index in [1.807, 2.05) is 37.4 Å². The van der Waals surface area contributed by atoms with Gasteiger partial charge in [0.15, 0.2) is 0 Å². The van der Waals surface area contributed by atoms with Gasteiger partial charge < -0.3 is 10.7 Å².